The molecule has 0 aliphatic carbocycles. The smallest absolute Gasteiger partial charge is 0.255 e. The fourth-order valence-corrected chi connectivity index (χ4v) is 4.15. The van der Waals surface area contributed by atoms with Gasteiger partial charge >= 0.3 is 0 Å². The Morgan fingerprint density at radius 3 is 2.22 bits per heavy atom. The van der Waals surface area contributed by atoms with Crippen molar-refractivity contribution in [2.24, 2.45) is 0 Å². The van der Waals surface area contributed by atoms with Crippen LogP contribution in [0.5, 0.6) is 5.75 Å². The first-order valence-electron chi connectivity index (χ1n) is 10.7. The second-order valence-corrected chi connectivity index (χ2v) is 9.05. The molecule has 2 amide bonds. The lowest BCUT2D eigenvalue weighted by Crippen LogP contribution is -2.46. The lowest BCUT2D eigenvalue weighted by molar-refractivity contribution is -0.127. The molecule has 1 aliphatic heterocycles. The lowest BCUT2D eigenvalue weighted by Gasteiger charge is -2.29. The first-order valence-corrected chi connectivity index (χ1v) is 10.7. The minimum atomic E-state index is -0.665. The number of nitrogens with zero attached hydrogens (tertiary/aromatic N) is 1. The molecule has 0 radical (unpaired) electrons. The van der Waals surface area contributed by atoms with Gasteiger partial charge in [-0.25, -0.2) is 0 Å². The second kappa shape index (κ2) is 8.50. The summed E-state index contributed by atoms with van der Waals surface area (Å²) in [6, 6.07) is 22.5. The van der Waals surface area contributed by atoms with Crippen LogP contribution < -0.4 is 10.1 Å². The molecule has 1 atom stereocenters. The molecule has 1 heterocycles. The summed E-state index contributed by atoms with van der Waals surface area (Å²) in [4.78, 5) is 28.3. The summed E-state index contributed by atoms with van der Waals surface area (Å²) in [5, 5.41) is 3.05. The number of hydrogen-bond acceptors (Lipinski definition) is 3. The summed E-state index contributed by atoms with van der Waals surface area (Å²) >= 11 is 0. The first kappa shape index (κ1) is 21.6. The van der Waals surface area contributed by atoms with E-state index in [1.165, 1.54) is 0 Å². The fourth-order valence-electron chi connectivity index (χ4n) is 4.15. The third-order valence-electron chi connectivity index (χ3n) is 5.56. The minimum absolute atomic E-state index is 0.126. The third kappa shape index (κ3) is 4.24. The van der Waals surface area contributed by atoms with E-state index >= 15 is 0 Å². The monoisotopic (exact) mass is 428 g/mol. The second-order valence-electron chi connectivity index (χ2n) is 9.05. The van der Waals surface area contributed by atoms with Crippen LogP contribution in [0.15, 0.2) is 72.8 Å². The molecule has 3 aromatic carbocycles. The number of rotatable bonds is 5. The average Bonchev–Trinajstić information content (AvgIpc) is 3.05. The number of nitrogens with one attached hydrogen (secondary N) is 1. The van der Waals surface area contributed by atoms with E-state index in [0.717, 1.165) is 28.0 Å². The van der Waals surface area contributed by atoms with Gasteiger partial charge in [0, 0.05) is 17.6 Å². The summed E-state index contributed by atoms with van der Waals surface area (Å²) in [6.45, 7) is 6.16. The van der Waals surface area contributed by atoms with Gasteiger partial charge in [0.2, 0.25) is 5.91 Å². The molecule has 0 fully saturated rings. The van der Waals surface area contributed by atoms with Gasteiger partial charge in [-0.3, -0.25) is 9.59 Å². The molecule has 0 saturated carbocycles. The standard InChI is InChI=1S/C27H28N2O3/c1-27(2,3)28-25(30)24-22-11-7-8-12-23(22)26(31)29(24)17-19-9-5-6-10-21(19)18-13-15-20(32-4)16-14-18/h5-16,24H,17H2,1-4H3,(H,28,30). The molecule has 0 aromatic heterocycles. The Hall–Kier alpha value is -3.60. The summed E-state index contributed by atoms with van der Waals surface area (Å²) < 4.78 is 5.28. The van der Waals surface area contributed by atoms with Crippen LogP contribution in [0.2, 0.25) is 0 Å². The van der Waals surface area contributed by atoms with Gasteiger partial charge in [-0.15, -0.1) is 0 Å². The first-order chi connectivity index (χ1) is 15.3. The Balaban J connectivity index is 1.71. The van der Waals surface area contributed by atoms with E-state index in [0.29, 0.717) is 12.1 Å². The third-order valence-corrected chi connectivity index (χ3v) is 5.56. The highest BCUT2D eigenvalue weighted by atomic mass is 16.5. The Bertz CT molecular complexity index is 1150. The van der Waals surface area contributed by atoms with E-state index in [4.69, 9.17) is 4.74 Å². The highest BCUT2D eigenvalue weighted by molar-refractivity contribution is 6.04. The van der Waals surface area contributed by atoms with Crippen LogP contribution in [0.3, 0.4) is 0 Å². The molecule has 0 saturated heterocycles. The van der Waals surface area contributed by atoms with E-state index in [-0.39, 0.29) is 11.8 Å². The van der Waals surface area contributed by atoms with Gasteiger partial charge in [0.1, 0.15) is 11.8 Å². The predicted molar refractivity (Wildman–Crippen MR) is 125 cm³/mol. The average molecular weight is 429 g/mol. The SMILES string of the molecule is COc1ccc(-c2ccccc2CN2C(=O)c3ccccc3C2C(=O)NC(C)(C)C)cc1. The van der Waals surface area contributed by atoms with E-state index in [9.17, 15) is 9.59 Å². The van der Waals surface area contributed by atoms with Crippen molar-refractivity contribution < 1.29 is 14.3 Å². The molecule has 32 heavy (non-hydrogen) atoms. The van der Waals surface area contributed by atoms with Gasteiger partial charge in [0.25, 0.3) is 5.91 Å². The molecule has 3 aromatic rings. The van der Waals surface area contributed by atoms with Crippen molar-refractivity contribution in [2.45, 2.75) is 38.9 Å². The van der Waals surface area contributed by atoms with E-state index in [1.54, 1.807) is 18.1 Å². The molecule has 1 N–H and O–H groups in total. The summed E-state index contributed by atoms with van der Waals surface area (Å²) in [6.07, 6.45) is 0. The maximum atomic E-state index is 13.3. The number of fused-ring (bicyclic) bond motifs is 1. The topological polar surface area (TPSA) is 58.6 Å². The zero-order chi connectivity index (χ0) is 22.9. The van der Waals surface area contributed by atoms with Crippen molar-refractivity contribution in [3.63, 3.8) is 0 Å². The molecule has 1 aliphatic rings. The Morgan fingerprint density at radius 1 is 0.938 bits per heavy atom. The van der Waals surface area contributed by atoms with Gasteiger partial charge in [-0.2, -0.15) is 0 Å². The molecule has 5 nitrogen and oxygen atoms in total. The van der Waals surface area contributed by atoms with Crippen LogP contribution in [0.25, 0.3) is 11.1 Å². The number of carbonyl (C=O) groups excluding carboxylic acids is 2. The minimum Gasteiger partial charge on any atom is -0.497 e. The zero-order valence-corrected chi connectivity index (χ0v) is 18.9. The van der Waals surface area contributed by atoms with Crippen molar-refractivity contribution >= 4 is 11.8 Å². The molecule has 0 spiro atoms. The van der Waals surface area contributed by atoms with Crippen molar-refractivity contribution in [1.82, 2.24) is 10.2 Å². The van der Waals surface area contributed by atoms with Crippen LogP contribution in [0.1, 0.15) is 48.3 Å². The van der Waals surface area contributed by atoms with Crippen molar-refractivity contribution in [3.05, 3.63) is 89.5 Å². The van der Waals surface area contributed by atoms with Crippen LogP contribution in [-0.2, 0) is 11.3 Å². The number of ether oxygens (including phenoxy) is 1. The molecule has 164 valence electrons. The molecule has 4 rings (SSSR count). The predicted octanol–water partition coefficient (Wildman–Crippen LogP) is 4.97. The molecule has 1 unspecified atom stereocenters. The lowest BCUT2D eigenvalue weighted by atomic mass is 9.98. The van der Waals surface area contributed by atoms with Crippen LogP contribution in [0.4, 0.5) is 0 Å². The quantitative estimate of drug-likeness (QED) is 0.624. The van der Waals surface area contributed by atoms with E-state index in [1.807, 2.05) is 87.5 Å². The van der Waals surface area contributed by atoms with Crippen LogP contribution in [0, 0.1) is 0 Å². The van der Waals surface area contributed by atoms with Gasteiger partial charge in [-0.05, 0) is 61.2 Å². The number of amides is 2. The van der Waals surface area contributed by atoms with Gasteiger partial charge in [0.15, 0.2) is 0 Å². The van der Waals surface area contributed by atoms with Crippen molar-refractivity contribution in [2.75, 3.05) is 7.11 Å². The van der Waals surface area contributed by atoms with E-state index < -0.39 is 11.6 Å². The fraction of sp³-hybridized carbons (Fsp3) is 0.259. The Kier molecular flexibility index (Phi) is 5.74. The highest BCUT2D eigenvalue weighted by Gasteiger charge is 2.41. The highest BCUT2D eigenvalue weighted by Crippen LogP contribution is 2.37. The van der Waals surface area contributed by atoms with Crippen LogP contribution in [-0.4, -0.2) is 29.4 Å². The summed E-state index contributed by atoms with van der Waals surface area (Å²) in [7, 11) is 1.64. The van der Waals surface area contributed by atoms with Gasteiger partial charge in [-0.1, -0.05) is 54.6 Å². The Morgan fingerprint density at radius 2 is 1.56 bits per heavy atom. The number of carbonyl (C=O) groups is 2. The number of benzene rings is 3. The largest absolute Gasteiger partial charge is 0.497 e. The molecule has 0 bridgehead atoms. The van der Waals surface area contributed by atoms with Crippen molar-refractivity contribution in [3.8, 4) is 16.9 Å². The number of hydrogen-bond donors (Lipinski definition) is 1. The normalized spacial score (nSPS) is 15.4. The van der Waals surface area contributed by atoms with Gasteiger partial charge < -0.3 is 15.0 Å². The van der Waals surface area contributed by atoms with Crippen LogP contribution >= 0.6 is 0 Å². The summed E-state index contributed by atoms with van der Waals surface area (Å²) in [5.41, 5.74) is 3.97. The van der Waals surface area contributed by atoms with Gasteiger partial charge in [0.05, 0.1) is 7.11 Å². The van der Waals surface area contributed by atoms with E-state index in [2.05, 4.69) is 5.32 Å². The summed E-state index contributed by atoms with van der Waals surface area (Å²) in [5.74, 6) is 0.493. The maximum absolute atomic E-state index is 13.3. The zero-order valence-electron chi connectivity index (χ0n) is 18.9. The molecular formula is C27H28N2O3. The Labute approximate surface area is 189 Å². The molecular weight excluding hydrogens is 400 g/mol. The van der Waals surface area contributed by atoms with Crippen molar-refractivity contribution in [1.29, 1.82) is 0 Å². The number of methoxy groups -OCH3 is 1. The maximum Gasteiger partial charge on any atom is 0.255 e. The molecule has 5 heteroatoms.